The Kier molecular flexibility index (Phi) is 6.81. The Balaban J connectivity index is 4.45. The standard InChI is InChI=1S/C9H18N2O6S/c1-4-17-9(14)7(2)10-18(15,16)11(3)6-5-8(12)13/h7,10H,4-6H2,1-3H3,(H,12,13). The van der Waals surface area contributed by atoms with E-state index in [-0.39, 0.29) is 19.6 Å². The summed E-state index contributed by atoms with van der Waals surface area (Å²) in [6.45, 7) is 2.93. The van der Waals surface area contributed by atoms with Crippen molar-refractivity contribution in [2.75, 3.05) is 20.2 Å². The highest BCUT2D eigenvalue weighted by Crippen LogP contribution is 1.99. The molecule has 0 aliphatic rings. The molecular formula is C9H18N2O6S. The van der Waals surface area contributed by atoms with Gasteiger partial charge in [-0.1, -0.05) is 0 Å². The Labute approximate surface area is 106 Å². The Morgan fingerprint density at radius 3 is 2.44 bits per heavy atom. The van der Waals surface area contributed by atoms with Crippen molar-refractivity contribution >= 4 is 22.1 Å². The van der Waals surface area contributed by atoms with E-state index in [0.29, 0.717) is 0 Å². The normalized spacial score (nSPS) is 13.3. The minimum atomic E-state index is -3.90. The van der Waals surface area contributed by atoms with E-state index < -0.39 is 28.2 Å². The summed E-state index contributed by atoms with van der Waals surface area (Å²) in [7, 11) is -2.67. The molecule has 0 bridgehead atoms. The number of hydrogen-bond donors (Lipinski definition) is 2. The molecule has 0 fully saturated rings. The molecule has 0 aromatic rings. The van der Waals surface area contributed by atoms with Crippen molar-refractivity contribution in [2.24, 2.45) is 0 Å². The molecule has 0 spiro atoms. The molecule has 18 heavy (non-hydrogen) atoms. The molecule has 0 aliphatic carbocycles. The van der Waals surface area contributed by atoms with Gasteiger partial charge in [0.25, 0.3) is 10.2 Å². The summed E-state index contributed by atoms with van der Waals surface area (Å²) in [5.41, 5.74) is 0. The molecule has 106 valence electrons. The van der Waals surface area contributed by atoms with Crippen molar-refractivity contribution in [3.05, 3.63) is 0 Å². The molecule has 1 unspecified atom stereocenters. The number of carboxylic acids is 1. The Morgan fingerprint density at radius 1 is 1.44 bits per heavy atom. The van der Waals surface area contributed by atoms with Crippen LogP contribution in [0.2, 0.25) is 0 Å². The highest BCUT2D eigenvalue weighted by atomic mass is 32.2. The number of carboxylic acid groups (broad SMARTS) is 1. The van der Waals surface area contributed by atoms with Gasteiger partial charge < -0.3 is 9.84 Å². The van der Waals surface area contributed by atoms with Crippen LogP contribution in [0.3, 0.4) is 0 Å². The predicted octanol–water partition coefficient (Wildman–Crippen LogP) is -0.821. The van der Waals surface area contributed by atoms with Gasteiger partial charge in [-0.25, -0.2) is 0 Å². The van der Waals surface area contributed by atoms with Crippen molar-refractivity contribution in [1.29, 1.82) is 0 Å². The van der Waals surface area contributed by atoms with Crippen LogP contribution in [0.4, 0.5) is 0 Å². The predicted molar refractivity (Wildman–Crippen MR) is 63.0 cm³/mol. The summed E-state index contributed by atoms with van der Waals surface area (Å²) in [5.74, 6) is -1.79. The first-order valence-electron chi connectivity index (χ1n) is 5.32. The highest BCUT2D eigenvalue weighted by Gasteiger charge is 2.24. The third-order valence-corrected chi connectivity index (χ3v) is 3.67. The van der Waals surface area contributed by atoms with Crippen molar-refractivity contribution in [3.63, 3.8) is 0 Å². The van der Waals surface area contributed by atoms with Gasteiger partial charge in [0, 0.05) is 13.6 Å². The van der Waals surface area contributed by atoms with E-state index in [1.54, 1.807) is 6.92 Å². The summed E-state index contributed by atoms with van der Waals surface area (Å²) in [4.78, 5) is 21.6. The molecule has 1 atom stereocenters. The van der Waals surface area contributed by atoms with Crippen LogP contribution in [0.25, 0.3) is 0 Å². The summed E-state index contributed by atoms with van der Waals surface area (Å²) in [6, 6.07) is -1.03. The SMILES string of the molecule is CCOC(=O)C(C)NS(=O)(=O)N(C)CCC(=O)O. The van der Waals surface area contributed by atoms with Crippen LogP contribution in [0.15, 0.2) is 0 Å². The van der Waals surface area contributed by atoms with Gasteiger partial charge in [0.1, 0.15) is 6.04 Å². The number of nitrogens with zero attached hydrogens (tertiary/aromatic N) is 1. The zero-order chi connectivity index (χ0) is 14.3. The second-order valence-corrected chi connectivity index (χ2v) is 5.37. The number of aliphatic carboxylic acids is 1. The van der Waals surface area contributed by atoms with Crippen LogP contribution >= 0.6 is 0 Å². The fraction of sp³-hybridized carbons (Fsp3) is 0.778. The van der Waals surface area contributed by atoms with Crippen LogP contribution in [-0.4, -0.2) is 56.0 Å². The van der Waals surface area contributed by atoms with E-state index in [2.05, 4.69) is 9.46 Å². The van der Waals surface area contributed by atoms with Crippen LogP contribution in [0.1, 0.15) is 20.3 Å². The number of carbonyl (C=O) groups is 2. The molecular weight excluding hydrogens is 264 g/mol. The second kappa shape index (κ2) is 7.29. The average Bonchev–Trinajstić information content (AvgIpc) is 2.25. The Bertz CT molecular complexity index is 394. The lowest BCUT2D eigenvalue weighted by atomic mass is 10.4. The topological polar surface area (TPSA) is 113 Å². The lowest BCUT2D eigenvalue weighted by molar-refractivity contribution is -0.144. The van der Waals surface area contributed by atoms with Crippen molar-refractivity contribution in [2.45, 2.75) is 26.3 Å². The molecule has 0 saturated carbocycles. The maximum atomic E-state index is 11.7. The summed E-state index contributed by atoms with van der Waals surface area (Å²) in [5, 5.41) is 8.45. The summed E-state index contributed by atoms with van der Waals surface area (Å²) in [6.07, 6.45) is -0.314. The maximum Gasteiger partial charge on any atom is 0.323 e. The Morgan fingerprint density at radius 2 is 2.00 bits per heavy atom. The minimum absolute atomic E-state index is 0.153. The van der Waals surface area contributed by atoms with Gasteiger partial charge in [0.05, 0.1) is 13.0 Å². The van der Waals surface area contributed by atoms with Gasteiger partial charge in [0.2, 0.25) is 0 Å². The first-order chi connectivity index (χ1) is 8.20. The quantitative estimate of drug-likeness (QED) is 0.562. The largest absolute Gasteiger partial charge is 0.481 e. The number of nitrogens with one attached hydrogen (secondary N) is 1. The third-order valence-electron chi connectivity index (χ3n) is 2.02. The monoisotopic (exact) mass is 282 g/mol. The number of hydrogen-bond acceptors (Lipinski definition) is 5. The van der Waals surface area contributed by atoms with E-state index >= 15 is 0 Å². The number of esters is 1. The molecule has 0 radical (unpaired) electrons. The fourth-order valence-electron chi connectivity index (χ4n) is 1.00. The molecule has 0 aromatic heterocycles. The van der Waals surface area contributed by atoms with Gasteiger partial charge in [-0.2, -0.15) is 17.4 Å². The van der Waals surface area contributed by atoms with Gasteiger partial charge in [0.15, 0.2) is 0 Å². The molecule has 0 rings (SSSR count). The van der Waals surface area contributed by atoms with Gasteiger partial charge in [-0.15, -0.1) is 0 Å². The van der Waals surface area contributed by atoms with Crippen molar-refractivity contribution in [3.8, 4) is 0 Å². The molecule has 0 heterocycles. The number of carbonyl (C=O) groups excluding carboxylic acids is 1. The van der Waals surface area contributed by atoms with Crippen LogP contribution in [0.5, 0.6) is 0 Å². The number of rotatable bonds is 8. The first-order valence-corrected chi connectivity index (χ1v) is 6.76. The summed E-state index contributed by atoms with van der Waals surface area (Å²) < 4.78 is 30.9. The first kappa shape index (κ1) is 16.8. The van der Waals surface area contributed by atoms with Crippen molar-refractivity contribution in [1.82, 2.24) is 9.03 Å². The summed E-state index contributed by atoms with van der Waals surface area (Å²) >= 11 is 0. The average molecular weight is 282 g/mol. The van der Waals surface area contributed by atoms with Crippen molar-refractivity contribution < 1.29 is 27.9 Å². The van der Waals surface area contributed by atoms with E-state index in [1.807, 2.05) is 0 Å². The van der Waals surface area contributed by atoms with E-state index in [0.717, 1.165) is 4.31 Å². The van der Waals surface area contributed by atoms with E-state index in [1.165, 1.54) is 14.0 Å². The second-order valence-electron chi connectivity index (χ2n) is 3.56. The Hall–Kier alpha value is -1.19. The smallest absolute Gasteiger partial charge is 0.323 e. The lowest BCUT2D eigenvalue weighted by Crippen LogP contribution is -2.46. The van der Waals surface area contributed by atoms with Crippen LogP contribution in [-0.2, 0) is 24.5 Å². The number of ether oxygens (including phenoxy) is 1. The highest BCUT2D eigenvalue weighted by molar-refractivity contribution is 7.87. The molecule has 0 aliphatic heterocycles. The molecule has 0 saturated heterocycles. The zero-order valence-electron chi connectivity index (χ0n) is 10.5. The molecule has 0 aromatic carbocycles. The molecule has 2 N–H and O–H groups in total. The van der Waals surface area contributed by atoms with Gasteiger partial charge >= 0.3 is 11.9 Å². The van der Waals surface area contributed by atoms with Gasteiger partial charge in [-0.3, -0.25) is 9.59 Å². The maximum absolute atomic E-state index is 11.7. The molecule has 8 nitrogen and oxygen atoms in total. The third kappa shape index (κ3) is 5.94. The van der Waals surface area contributed by atoms with Crippen LogP contribution < -0.4 is 4.72 Å². The van der Waals surface area contributed by atoms with E-state index in [4.69, 9.17) is 5.11 Å². The fourth-order valence-corrected chi connectivity index (χ4v) is 2.06. The van der Waals surface area contributed by atoms with E-state index in [9.17, 15) is 18.0 Å². The molecule has 0 amide bonds. The zero-order valence-corrected chi connectivity index (χ0v) is 11.4. The van der Waals surface area contributed by atoms with Crippen LogP contribution in [0, 0.1) is 0 Å². The molecule has 9 heteroatoms. The lowest BCUT2D eigenvalue weighted by Gasteiger charge is -2.19. The van der Waals surface area contributed by atoms with Gasteiger partial charge in [-0.05, 0) is 13.8 Å². The minimum Gasteiger partial charge on any atom is -0.481 e.